The molecule has 0 saturated heterocycles. The third kappa shape index (κ3) is 4.56. The molecule has 0 spiro atoms. The first-order valence-corrected chi connectivity index (χ1v) is 21.0. The van der Waals surface area contributed by atoms with E-state index in [2.05, 4.69) is 221 Å². The van der Waals surface area contributed by atoms with Gasteiger partial charge in [-0.15, -0.1) is 0 Å². The van der Waals surface area contributed by atoms with Crippen molar-refractivity contribution in [2.75, 3.05) is 9.80 Å². The second-order valence-electron chi connectivity index (χ2n) is 16.6. The van der Waals surface area contributed by atoms with E-state index in [1.54, 1.807) is 0 Å². The van der Waals surface area contributed by atoms with Crippen LogP contribution in [-0.2, 0) is 0 Å². The molecule has 4 heteroatoms. The molecule has 0 N–H and O–H groups in total. The van der Waals surface area contributed by atoms with Gasteiger partial charge in [-0.05, 0) is 105 Å². The van der Waals surface area contributed by atoms with Crippen LogP contribution in [0.3, 0.4) is 0 Å². The molecule has 4 nitrogen and oxygen atoms in total. The molecule has 1 unspecified atom stereocenters. The number of fused-ring (bicyclic) bond motifs is 12. The number of hydrogen-bond acceptors (Lipinski definition) is 2. The standard InChI is InChI=1S/C56H40N4/c1-35-21-25-39(26-22-35)57(37-13-5-3-6-14-37)49-31-29-41-45-33-52-46(34-51(45)59-47-19-11-9-17-43(47)53(49)55(41)59)42-30-32-50(54-44-18-10-12-20-48(44)60(52)56(42)54)58(38-15-7-4-8-16-38)40-27-23-36(2)24-28-40/h3-19,21-34,48H,20H2,1-2H3. The van der Waals surface area contributed by atoms with Crippen molar-refractivity contribution in [3.63, 3.8) is 0 Å². The molecular weight excluding hydrogens is 729 g/mol. The Bertz CT molecular complexity index is 3570. The van der Waals surface area contributed by atoms with Crippen LogP contribution >= 0.6 is 0 Å². The molecule has 0 saturated carbocycles. The van der Waals surface area contributed by atoms with E-state index in [-0.39, 0.29) is 6.04 Å². The van der Waals surface area contributed by atoms with E-state index in [4.69, 9.17) is 0 Å². The van der Waals surface area contributed by atoms with Crippen molar-refractivity contribution in [1.82, 2.24) is 8.97 Å². The van der Waals surface area contributed by atoms with Gasteiger partial charge in [-0.2, -0.15) is 0 Å². The van der Waals surface area contributed by atoms with Gasteiger partial charge >= 0.3 is 0 Å². The van der Waals surface area contributed by atoms with Crippen molar-refractivity contribution in [2.45, 2.75) is 26.3 Å². The van der Waals surface area contributed by atoms with Gasteiger partial charge in [-0.3, -0.25) is 0 Å². The molecule has 284 valence electrons. The predicted molar refractivity (Wildman–Crippen MR) is 254 cm³/mol. The van der Waals surface area contributed by atoms with Crippen LogP contribution in [0.1, 0.15) is 29.2 Å². The third-order valence-electron chi connectivity index (χ3n) is 13.2. The van der Waals surface area contributed by atoms with Crippen LogP contribution in [0.5, 0.6) is 0 Å². The summed E-state index contributed by atoms with van der Waals surface area (Å²) < 4.78 is 5.22. The number of rotatable bonds is 6. The predicted octanol–water partition coefficient (Wildman–Crippen LogP) is 15.4. The van der Waals surface area contributed by atoms with E-state index in [0.29, 0.717) is 0 Å². The Hall–Kier alpha value is -7.56. The summed E-state index contributed by atoms with van der Waals surface area (Å²) in [5.74, 6) is 0. The van der Waals surface area contributed by atoms with E-state index in [9.17, 15) is 0 Å². The van der Waals surface area contributed by atoms with Gasteiger partial charge in [-0.25, -0.2) is 0 Å². The van der Waals surface area contributed by atoms with Gasteiger partial charge in [0, 0.05) is 60.6 Å². The number of aromatic nitrogens is 2. The maximum absolute atomic E-state index is 2.67. The number of benzene rings is 8. The maximum Gasteiger partial charge on any atom is 0.0641 e. The average Bonchev–Trinajstić information content (AvgIpc) is 4.02. The molecule has 1 atom stereocenters. The quantitative estimate of drug-likeness (QED) is 0.167. The van der Waals surface area contributed by atoms with Gasteiger partial charge in [0.25, 0.3) is 0 Å². The molecule has 60 heavy (non-hydrogen) atoms. The largest absolute Gasteiger partial charge is 0.332 e. The van der Waals surface area contributed by atoms with Gasteiger partial charge in [-0.1, -0.05) is 120 Å². The van der Waals surface area contributed by atoms with Crippen LogP contribution in [0.4, 0.5) is 34.1 Å². The lowest BCUT2D eigenvalue weighted by Crippen LogP contribution is -2.12. The lowest BCUT2D eigenvalue weighted by Gasteiger charge is -2.28. The van der Waals surface area contributed by atoms with E-state index in [0.717, 1.165) is 29.2 Å². The zero-order valence-electron chi connectivity index (χ0n) is 33.5. The molecule has 1 aliphatic heterocycles. The molecule has 1 aliphatic carbocycles. The first kappa shape index (κ1) is 33.4. The second-order valence-corrected chi connectivity index (χ2v) is 16.6. The Morgan fingerprint density at radius 3 is 1.70 bits per heavy atom. The molecule has 0 bridgehead atoms. The number of anilines is 6. The number of allylic oxidation sites excluding steroid dienone is 4. The summed E-state index contributed by atoms with van der Waals surface area (Å²) in [5, 5.41) is 7.71. The highest BCUT2D eigenvalue weighted by molar-refractivity contribution is 6.29. The van der Waals surface area contributed by atoms with E-state index >= 15 is 0 Å². The Kier molecular flexibility index (Phi) is 6.95. The minimum absolute atomic E-state index is 0.220. The van der Waals surface area contributed by atoms with E-state index in [1.165, 1.54) is 93.5 Å². The zero-order valence-corrected chi connectivity index (χ0v) is 33.5. The summed E-state index contributed by atoms with van der Waals surface area (Å²) in [6.45, 7) is 4.31. The van der Waals surface area contributed by atoms with Crippen LogP contribution in [0.2, 0.25) is 0 Å². The summed E-state index contributed by atoms with van der Waals surface area (Å²) in [5.41, 5.74) is 18.6. The fourth-order valence-electron chi connectivity index (χ4n) is 10.6. The minimum Gasteiger partial charge on any atom is -0.332 e. The molecule has 2 aliphatic rings. The van der Waals surface area contributed by atoms with Gasteiger partial charge in [0.2, 0.25) is 0 Å². The van der Waals surface area contributed by atoms with Crippen molar-refractivity contribution in [3.8, 4) is 0 Å². The van der Waals surface area contributed by atoms with Crippen molar-refractivity contribution < 1.29 is 0 Å². The molecule has 0 fully saturated rings. The van der Waals surface area contributed by atoms with Crippen molar-refractivity contribution in [1.29, 1.82) is 0 Å². The normalized spacial score (nSPS) is 14.6. The smallest absolute Gasteiger partial charge is 0.0641 e. The van der Waals surface area contributed by atoms with Gasteiger partial charge < -0.3 is 18.8 Å². The molecule has 8 aromatic carbocycles. The van der Waals surface area contributed by atoms with Crippen LogP contribution in [0, 0.1) is 13.8 Å². The first-order valence-electron chi connectivity index (χ1n) is 21.0. The highest BCUT2D eigenvalue weighted by atomic mass is 15.2. The molecule has 4 heterocycles. The fraction of sp³-hybridized carbons (Fsp3) is 0.0714. The summed E-state index contributed by atoms with van der Waals surface area (Å²) in [6.07, 6.45) is 7.92. The Labute approximate surface area is 348 Å². The second kappa shape index (κ2) is 12.5. The molecule has 13 rings (SSSR count). The lowest BCUT2D eigenvalue weighted by atomic mass is 9.92. The maximum atomic E-state index is 2.67. The Morgan fingerprint density at radius 1 is 0.467 bits per heavy atom. The van der Waals surface area contributed by atoms with Crippen LogP contribution < -0.4 is 9.80 Å². The summed E-state index contributed by atoms with van der Waals surface area (Å²) >= 11 is 0. The van der Waals surface area contributed by atoms with Crippen LogP contribution in [0.15, 0.2) is 188 Å². The van der Waals surface area contributed by atoms with Crippen molar-refractivity contribution in [3.05, 3.63) is 205 Å². The van der Waals surface area contributed by atoms with E-state index < -0.39 is 0 Å². The highest BCUT2D eigenvalue weighted by Crippen LogP contribution is 2.55. The lowest BCUT2D eigenvalue weighted by molar-refractivity contribution is 0.685. The SMILES string of the molecule is Cc1ccc(N(c2ccccc2)c2ccc3c4cc5c(cc4n4c3c2C2=CC=CCC24)c2ccc(N(c3ccccc3)c3ccc(C)cc3)c3c4ccccc4n5c23)cc1. The monoisotopic (exact) mass is 768 g/mol. The molecular formula is C56H40N4. The summed E-state index contributed by atoms with van der Waals surface area (Å²) in [6, 6.07) is 63.2. The minimum atomic E-state index is 0.220. The van der Waals surface area contributed by atoms with Crippen molar-refractivity contribution >= 4 is 99.6 Å². The van der Waals surface area contributed by atoms with Gasteiger partial charge in [0.15, 0.2) is 0 Å². The number of para-hydroxylation sites is 3. The topological polar surface area (TPSA) is 15.8 Å². The Balaban J connectivity index is 1.11. The van der Waals surface area contributed by atoms with E-state index in [1.807, 2.05) is 0 Å². The summed E-state index contributed by atoms with van der Waals surface area (Å²) in [7, 11) is 0. The average molecular weight is 769 g/mol. The highest BCUT2D eigenvalue weighted by Gasteiger charge is 2.36. The van der Waals surface area contributed by atoms with Gasteiger partial charge in [0.05, 0.1) is 45.0 Å². The van der Waals surface area contributed by atoms with Crippen molar-refractivity contribution in [2.24, 2.45) is 0 Å². The number of nitrogens with zero attached hydrogens (tertiary/aromatic N) is 4. The molecule has 3 aromatic heterocycles. The number of hydrogen-bond donors (Lipinski definition) is 0. The molecule has 0 radical (unpaired) electrons. The first-order chi connectivity index (χ1) is 29.6. The van der Waals surface area contributed by atoms with Crippen LogP contribution in [-0.4, -0.2) is 8.97 Å². The molecule has 11 aromatic rings. The summed E-state index contributed by atoms with van der Waals surface area (Å²) in [4.78, 5) is 4.88. The fourth-order valence-corrected chi connectivity index (χ4v) is 10.6. The zero-order chi connectivity index (χ0) is 39.6. The van der Waals surface area contributed by atoms with Crippen LogP contribution in [0.25, 0.3) is 65.5 Å². The Morgan fingerprint density at radius 2 is 1.02 bits per heavy atom. The molecule has 0 amide bonds. The third-order valence-corrected chi connectivity index (χ3v) is 13.2. The van der Waals surface area contributed by atoms with Gasteiger partial charge in [0.1, 0.15) is 0 Å². The number of aryl methyl sites for hydroxylation is 2.